The first-order chi connectivity index (χ1) is 10.8. The summed E-state index contributed by atoms with van der Waals surface area (Å²) in [4.78, 5) is 0. The number of halogens is 1. The van der Waals surface area contributed by atoms with Crippen LogP contribution in [0.3, 0.4) is 0 Å². The van der Waals surface area contributed by atoms with Crippen molar-refractivity contribution in [3.63, 3.8) is 0 Å². The van der Waals surface area contributed by atoms with E-state index < -0.39 is 11.0 Å². The number of benzene rings is 1. The number of hydrogen-bond acceptors (Lipinski definition) is 2. The van der Waals surface area contributed by atoms with Crippen molar-refractivity contribution in [3.8, 4) is 0 Å². The third kappa shape index (κ3) is 3.47. The Morgan fingerprint density at radius 1 is 1.35 bits per heavy atom. The average molecular weight is 398 g/mol. The van der Waals surface area contributed by atoms with Crippen molar-refractivity contribution in [3.05, 3.63) is 33.8 Å². The van der Waals surface area contributed by atoms with Crippen molar-refractivity contribution in [2.24, 2.45) is 9.81 Å². The number of nitrogens with zero attached hydrogens (tertiary/aromatic N) is 1. The molecular weight excluding hydrogens is 374 g/mol. The lowest BCUT2D eigenvalue weighted by atomic mass is 9.71. The van der Waals surface area contributed by atoms with E-state index in [9.17, 15) is 4.21 Å². The largest absolute Gasteiger partial charge is 0.381 e. The van der Waals surface area contributed by atoms with Gasteiger partial charge in [0.25, 0.3) is 0 Å². The third-order valence-electron chi connectivity index (χ3n) is 4.96. The van der Waals surface area contributed by atoms with Gasteiger partial charge in [0.1, 0.15) is 11.0 Å². The Balaban J connectivity index is 1.97. The first kappa shape index (κ1) is 17.3. The quantitative estimate of drug-likeness (QED) is 0.692. The second-order valence-corrected chi connectivity index (χ2v) is 10.4. The molecule has 1 aromatic rings. The molecule has 3 nitrogen and oxygen atoms in total. The molecule has 1 fully saturated rings. The number of rotatable bonds is 2. The minimum Gasteiger partial charge on any atom is -0.381 e. The topological polar surface area (TPSA) is 38.7 Å². The van der Waals surface area contributed by atoms with Crippen molar-refractivity contribution in [1.29, 1.82) is 0 Å². The van der Waals surface area contributed by atoms with Crippen LogP contribution in [0.15, 0.2) is 27.1 Å². The van der Waals surface area contributed by atoms with Gasteiger partial charge in [-0.1, -0.05) is 22.0 Å². The highest BCUT2D eigenvalue weighted by molar-refractivity contribution is 9.10. The van der Waals surface area contributed by atoms with Gasteiger partial charge in [0.05, 0.1) is 4.75 Å². The predicted octanol–water partition coefficient (Wildman–Crippen LogP) is 4.42. The average Bonchev–Trinajstić information content (AvgIpc) is 2.77. The van der Waals surface area contributed by atoms with E-state index in [2.05, 4.69) is 38.5 Å². The Morgan fingerprint density at radius 3 is 2.70 bits per heavy atom. The molecule has 0 aromatic heterocycles. The van der Waals surface area contributed by atoms with Crippen LogP contribution in [0.2, 0.25) is 0 Å². The fourth-order valence-corrected chi connectivity index (χ4v) is 4.54. The Kier molecular flexibility index (Phi) is 4.83. The molecule has 2 unspecified atom stereocenters. The maximum atomic E-state index is 12.4. The fraction of sp³-hybridized carbons (Fsp3) is 0.611. The van der Waals surface area contributed by atoms with E-state index in [0.717, 1.165) is 36.9 Å². The predicted molar refractivity (Wildman–Crippen MR) is 99.5 cm³/mol. The van der Waals surface area contributed by atoms with E-state index >= 15 is 0 Å². The lowest BCUT2D eigenvalue weighted by Gasteiger charge is -2.37. The molecule has 0 bridgehead atoms. The maximum absolute atomic E-state index is 12.4. The molecule has 1 spiro atoms. The maximum Gasteiger partial charge on any atom is 0.144 e. The highest BCUT2D eigenvalue weighted by atomic mass is 79.9. The van der Waals surface area contributed by atoms with Gasteiger partial charge in [0, 0.05) is 29.8 Å². The summed E-state index contributed by atoms with van der Waals surface area (Å²) in [7, 11) is -1.21. The third-order valence-corrected chi connectivity index (χ3v) is 6.82. The zero-order chi connectivity index (χ0) is 16.7. The molecule has 0 radical (unpaired) electrons. The van der Waals surface area contributed by atoms with Crippen LogP contribution in [0, 0.1) is 5.41 Å². The normalized spacial score (nSPS) is 25.0. The molecule has 3 rings (SSSR count). The number of hydrogen-bond donors (Lipinski definition) is 0. The molecule has 2 aliphatic rings. The summed E-state index contributed by atoms with van der Waals surface area (Å²) in [6.07, 6.45) is 5.11. The van der Waals surface area contributed by atoms with Crippen molar-refractivity contribution in [2.75, 3.05) is 13.2 Å². The van der Waals surface area contributed by atoms with Gasteiger partial charge >= 0.3 is 0 Å². The van der Waals surface area contributed by atoms with Crippen LogP contribution < -0.4 is 0 Å². The fourth-order valence-electron chi connectivity index (χ4n) is 3.61. The van der Waals surface area contributed by atoms with Crippen molar-refractivity contribution in [2.45, 2.75) is 50.7 Å². The molecule has 1 aliphatic heterocycles. The van der Waals surface area contributed by atoms with Crippen LogP contribution in [0.4, 0.5) is 0 Å². The summed E-state index contributed by atoms with van der Waals surface area (Å²) in [6.45, 7) is 7.50. The standard InChI is InChI=1S/C18H24BrNO2S/c1-17(2,3)23(21)20-12-16-15-10-14(19)5-4-13(15)11-18(16)6-8-22-9-7-18/h4-5,10,12,16H,6-9,11H2,1-3H3. The first-order valence-corrected chi connectivity index (χ1v) is 10.0. The molecule has 1 saturated heterocycles. The van der Waals surface area contributed by atoms with Crippen LogP contribution >= 0.6 is 15.9 Å². The Hall–Kier alpha value is -0.520. The summed E-state index contributed by atoms with van der Waals surface area (Å²) < 4.78 is 23.2. The lowest BCUT2D eigenvalue weighted by Crippen LogP contribution is -2.34. The first-order valence-electron chi connectivity index (χ1n) is 8.14. The van der Waals surface area contributed by atoms with E-state index in [0.29, 0.717) is 0 Å². The van der Waals surface area contributed by atoms with Gasteiger partial charge in [-0.05, 0) is 68.7 Å². The van der Waals surface area contributed by atoms with E-state index in [4.69, 9.17) is 4.74 Å². The van der Waals surface area contributed by atoms with Crippen molar-refractivity contribution in [1.82, 2.24) is 0 Å². The molecular formula is C18H24BrNO2S. The Morgan fingerprint density at radius 2 is 2.04 bits per heavy atom. The highest BCUT2D eigenvalue weighted by Gasteiger charge is 2.46. The number of fused-ring (bicyclic) bond motifs is 1. The van der Waals surface area contributed by atoms with Crippen LogP contribution in [-0.4, -0.2) is 28.4 Å². The van der Waals surface area contributed by atoms with E-state index in [-0.39, 0.29) is 16.1 Å². The zero-order valence-electron chi connectivity index (χ0n) is 14.0. The molecule has 1 aliphatic carbocycles. The molecule has 0 N–H and O–H groups in total. The molecule has 126 valence electrons. The van der Waals surface area contributed by atoms with Crippen LogP contribution in [0.25, 0.3) is 0 Å². The summed E-state index contributed by atoms with van der Waals surface area (Å²) >= 11 is 3.59. The minimum atomic E-state index is -1.21. The summed E-state index contributed by atoms with van der Waals surface area (Å²) in [6, 6.07) is 6.53. The molecule has 1 aromatic carbocycles. The van der Waals surface area contributed by atoms with Crippen LogP contribution in [0.5, 0.6) is 0 Å². The zero-order valence-corrected chi connectivity index (χ0v) is 16.4. The minimum absolute atomic E-state index is 0.174. The van der Waals surface area contributed by atoms with E-state index in [1.807, 2.05) is 27.0 Å². The monoisotopic (exact) mass is 397 g/mol. The van der Waals surface area contributed by atoms with Gasteiger partial charge in [-0.2, -0.15) is 4.40 Å². The van der Waals surface area contributed by atoms with Gasteiger partial charge in [-0.15, -0.1) is 0 Å². The van der Waals surface area contributed by atoms with Gasteiger partial charge in [0.15, 0.2) is 0 Å². The van der Waals surface area contributed by atoms with Gasteiger partial charge < -0.3 is 4.74 Å². The van der Waals surface area contributed by atoms with E-state index in [1.165, 1.54) is 11.1 Å². The molecule has 2 atom stereocenters. The lowest BCUT2D eigenvalue weighted by molar-refractivity contribution is 0.0162. The Labute approximate surface area is 149 Å². The SMILES string of the molecule is CC(C)(C)S(=O)N=CC1c2cc(Br)ccc2CC12CCOCC2. The summed E-state index contributed by atoms with van der Waals surface area (Å²) in [5.74, 6) is 0.227. The van der Waals surface area contributed by atoms with E-state index in [1.54, 1.807) is 0 Å². The smallest absolute Gasteiger partial charge is 0.144 e. The second-order valence-electron chi connectivity index (χ2n) is 7.59. The van der Waals surface area contributed by atoms with Crippen molar-refractivity contribution >= 4 is 33.1 Å². The van der Waals surface area contributed by atoms with Crippen molar-refractivity contribution < 1.29 is 8.95 Å². The Bertz CT molecular complexity index is 645. The molecule has 0 amide bonds. The van der Waals surface area contributed by atoms with Gasteiger partial charge in [0.2, 0.25) is 0 Å². The summed E-state index contributed by atoms with van der Waals surface area (Å²) in [5, 5.41) is 0. The summed E-state index contributed by atoms with van der Waals surface area (Å²) in [5.41, 5.74) is 2.90. The second kappa shape index (κ2) is 6.41. The van der Waals surface area contributed by atoms with Gasteiger partial charge in [-0.3, -0.25) is 0 Å². The van der Waals surface area contributed by atoms with Gasteiger partial charge in [-0.25, -0.2) is 4.21 Å². The molecule has 1 heterocycles. The molecule has 23 heavy (non-hydrogen) atoms. The number of ether oxygens (including phenoxy) is 1. The van der Waals surface area contributed by atoms with Crippen LogP contribution in [0.1, 0.15) is 50.7 Å². The molecule has 0 saturated carbocycles. The van der Waals surface area contributed by atoms with Crippen LogP contribution in [-0.2, 0) is 22.1 Å². The molecule has 5 heteroatoms. The highest BCUT2D eigenvalue weighted by Crippen LogP contribution is 2.52.